The lowest BCUT2D eigenvalue weighted by Gasteiger charge is -2.37. The van der Waals surface area contributed by atoms with Gasteiger partial charge in [-0.2, -0.15) is 0 Å². The molecule has 3 atom stereocenters. The molecule has 118 valence electrons. The molecule has 0 radical (unpaired) electrons. The van der Waals surface area contributed by atoms with Crippen LogP contribution >= 0.6 is 11.6 Å². The Bertz CT molecular complexity index is 645. The van der Waals surface area contributed by atoms with Gasteiger partial charge in [-0.1, -0.05) is 23.8 Å². The van der Waals surface area contributed by atoms with Crippen molar-refractivity contribution in [3.8, 4) is 0 Å². The number of hydrogen-bond acceptors (Lipinski definition) is 3. The molecule has 0 spiro atoms. The summed E-state index contributed by atoms with van der Waals surface area (Å²) >= 11 is 6.21. The molecule has 22 heavy (non-hydrogen) atoms. The molecule has 0 fully saturated rings. The first kappa shape index (κ1) is 15.4. The summed E-state index contributed by atoms with van der Waals surface area (Å²) in [6, 6.07) is 3.63. The van der Waals surface area contributed by atoms with Crippen molar-refractivity contribution in [2.45, 2.75) is 51.7 Å². The van der Waals surface area contributed by atoms with E-state index in [2.05, 4.69) is 17.5 Å². The Morgan fingerprint density at radius 3 is 2.77 bits per heavy atom. The number of fused-ring (bicyclic) bond motifs is 3. The van der Waals surface area contributed by atoms with Crippen LogP contribution in [-0.4, -0.2) is 17.6 Å². The maximum Gasteiger partial charge on any atom is 0.329 e. The lowest BCUT2D eigenvalue weighted by Crippen LogP contribution is -2.45. The topological polar surface area (TPSA) is 38.3 Å². The van der Waals surface area contributed by atoms with Crippen molar-refractivity contribution in [3.63, 3.8) is 0 Å². The van der Waals surface area contributed by atoms with Crippen LogP contribution in [0.5, 0.6) is 0 Å². The molecule has 1 heterocycles. The summed E-state index contributed by atoms with van der Waals surface area (Å²) in [6.45, 7) is 7.72. The molecule has 4 heteroatoms. The number of anilines is 1. The third-order valence-electron chi connectivity index (χ3n) is 4.29. The van der Waals surface area contributed by atoms with Crippen molar-refractivity contribution in [2.24, 2.45) is 5.92 Å². The molecule has 0 bridgehead atoms. The van der Waals surface area contributed by atoms with Crippen molar-refractivity contribution in [1.82, 2.24) is 0 Å². The van der Waals surface area contributed by atoms with Gasteiger partial charge in [-0.15, -0.1) is 0 Å². The number of rotatable bonds is 1. The van der Waals surface area contributed by atoms with Crippen LogP contribution in [0.25, 0.3) is 0 Å². The molecule has 3 nitrogen and oxygen atoms in total. The number of carbonyl (C=O) groups is 1. The second-order valence-electron chi connectivity index (χ2n) is 7.20. The zero-order valence-electron chi connectivity index (χ0n) is 13.4. The van der Waals surface area contributed by atoms with Crippen LogP contribution in [0.1, 0.15) is 44.2 Å². The lowest BCUT2D eigenvalue weighted by atomic mass is 9.78. The molecule has 1 aromatic rings. The van der Waals surface area contributed by atoms with E-state index in [-0.39, 0.29) is 23.8 Å². The molecule has 0 saturated heterocycles. The van der Waals surface area contributed by atoms with Crippen molar-refractivity contribution in [3.05, 3.63) is 40.4 Å². The van der Waals surface area contributed by atoms with Crippen molar-refractivity contribution in [2.75, 3.05) is 5.32 Å². The van der Waals surface area contributed by atoms with Gasteiger partial charge in [0, 0.05) is 22.5 Å². The molecular weight excluding hydrogens is 298 g/mol. The van der Waals surface area contributed by atoms with E-state index in [1.54, 1.807) is 0 Å². The van der Waals surface area contributed by atoms with Gasteiger partial charge in [0.25, 0.3) is 0 Å². The predicted octanol–water partition coefficient (Wildman–Crippen LogP) is 4.44. The van der Waals surface area contributed by atoms with Crippen LogP contribution in [-0.2, 0) is 9.53 Å². The van der Waals surface area contributed by atoms with Gasteiger partial charge in [0.1, 0.15) is 11.6 Å². The van der Waals surface area contributed by atoms with E-state index in [4.69, 9.17) is 16.3 Å². The Morgan fingerprint density at radius 1 is 1.36 bits per heavy atom. The van der Waals surface area contributed by atoms with Gasteiger partial charge in [0.15, 0.2) is 0 Å². The number of allylic oxidation sites excluding steroid dienone is 2. The van der Waals surface area contributed by atoms with E-state index < -0.39 is 5.60 Å². The Hall–Kier alpha value is -1.48. The van der Waals surface area contributed by atoms with E-state index in [9.17, 15) is 4.79 Å². The quantitative estimate of drug-likeness (QED) is 0.614. The first-order valence-corrected chi connectivity index (χ1v) is 8.10. The summed E-state index contributed by atoms with van der Waals surface area (Å²) in [5.41, 5.74) is 2.79. The van der Waals surface area contributed by atoms with Crippen LogP contribution < -0.4 is 5.32 Å². The van der Waals surface area contributed by atoms with Crippen LogP contribution in [0.2, 0.25) is 5.02 Å². The minimum absolute atomic E-state index is 0.175. The molecule has 1 N–H and O–H groups in total. The number of benzene rings is 1. The third kappa shape index (κ3) is 2.74. The summed E-state index contributed by atoms with van der Waals surface area (Å²) in [6.07, 6.45) is 5.23. The van der Waals surface area contributed by atoms with Gasteiger partial charge in [0.05, 0.1) is 0 Å². The minimum atomic E-state index is -0.477. The highest BCUT2D eigenvalue weighted by molar-refractivity contribution is 6.30. The van der Waals surface area contributed by atoms with E-state index in [1.165, 1.54) is 5.56 Å². The van der Waals surface area contributed by atoms with Gasteiger partial charge in [-0.05, 0) is 57.4 Å². The zero-order valence-corrected chi connectivity index (χ0v) is 14.2. The third-order valence-corrected chi connectivity index (χ3v) is 4.51. The first-order chi connectivity index (χ1) is 10.3. The Kier molecular flexibility index (Phi) is 3.72. The van der Waals surface area contributed by atoms with Crippen molar-refractivity contribution < 1.29 is 9.53 Å². The lowest BCUT2D eigenvalue weighted by molar-refractivity contribution is -0.157. The molecule has 0 unspecified atom stereocenters. The standard InChI is InChI=1S/C18H22ClNO2/c1-10-8-11(19)9-14-12-6-5-7-13(12)16(20-15(10)14)17(21)22-18(2,3)4/h5-6,8-9,12-13,16,20H,7H2,1-4H3/t12-,13+,16-/m1/s1. The highest BCUT2D eigenvalue weighted by Crippen LogP contribution is 2.46. The van der Waals surface area contributed by atoms with Crippen LogP contribution in [0.15, 0.2) is 24.3 Å². The molecular formula is C18H22ClNO2. The fraction of sp³-hybridized carbons (Fsp3) is 0.500. The predicted molar refractivity (Wildman–Crippen MR) is 89.4 cm³/mol. The van der Waals surface area contributed by atoms with Gasteiger partial charge in [0.2, 0.25) is 0 Å². The Labute approximate surface area is 136 Å². The average Bonchev–Trinajstić information content (AvgIpc) is 2.85. The van der Waals surface area contributed by atoms with E-state index >= 15 is 0 Å². The van der Waals surface area contributed by atoms with Gasteiger partial charge >= 0.3 is 5.97 Å². The smallest absolute Gasteiger partial charge is 0.329 e. The molecule has 2 aliphatic rings. The van der Waals surface area contributed by atoms with E-state index in [1.807, 2.05) is 39.8 Å². The Morgan fingerprint density at radius 2 is 2.09 bits per heavy atom. The van der Waals surface area contributed by atoms with Gasteiger partial charge in [-0.3, -0.25) is 0 Å². The SMILES string of the molecule is Cc1cc(Cl)cc2c1N[C@@H](C(=O)OC(C)(C)C)[C@H]1CC=C[C@@H]21. The summed E-state index contributed by atoms with van der Waals surface area (Å²) in [5.74, 6) is 0.248. The van der Waals surface area contributed by atoms with Gasteiger partial charge in [-0.25, -0.2) is 4.79 Å². The number of aryl methyl sites for hydroxylation is 1. The molecule has 1 aliphatic heterocycles. The number of esters is 1. The molecule has 3 rings (SSSR count). The normalized spacial score (nSPS) is 26.1. The van der Waals surface area contributed by atoms with Crippen LogP contribution in [0.4, 0.5) is 5.69 Å². The molecule has 0 aromatic heterocycles. The van der Waals surface area contributed by atoms with Crippen molar-refractivity contribution >= 4 is 23.3 Å². The zero-order chi connectivity index (χ0) is 16.1. The number of nitrogens with one attached hydrogen (secondary N) is 1. The number of hydrogen-bond donors (Lipinski definition) is 1. The van der Waals surface area contributed by atoms with Crippen LogP contribution in [0, 0.1) is 12.8 Å². The minimum Gasteiger partial charge on any atom is -0.458 e. The average molecular weight is 320 g/mol. The van der Waals surface area contributed by atoms with Crippen molar-refractivity contribution in [1.29, 1.82) is 0 Å². The summed E-state index contributed by atoms with van der Waals surface area (Å²) < 4.78 is 5.61. The number of ether oxygens (including phenoxy) is 1. The highest BCUT2D eigenvalue weighted by atomic mass is 35.5. The highest BCUT2D eigenvalue weighted by Gasteiger charge is 2.42. The molecule has 1 aromatic carbocycles. The van der Waals surface area contributed by atoms with Gasteiger partial charge < -0.3 is 10.1 Å². The monoisotopic (exact) mass is 319 g/mol. The fourth-order valence-electron chi connectivity index (χ4n) is 3.44. The molecule has 1 aliphatic carbocycles. The number of carbonyl (C=O) groups excluding carboxylic acids is 1. The maximum atomic E-state index is 12.6. The second kappa shape index (κ2) is 5.31. The molecule has 0 amide bonds. The largest absolute Gasteiger partial charge is 0.458 e. The summed E-state index contributed by atoms with van der Waals surface area (Å²) in [7, 11) is 0. The summed E-state index contributed by atoms with van der Waals surface area (Å²) in [5, 5.41) is 4.16. The second-order valence-corrected chi connectivity index (χ2v) is 7.63. The maximum absolute atomic E-state index is 12.6. The van der Waals surface area contributed by atoms with Crippen LogP contribution in [0.3, 0.4) is 0 Å². The molecule has 0 saturated carbocycles. The first-order valence-electron chi connectivity index (χ1n) is 7.72. The van der Waals surface area contributed by atoms with E-state index in [0.29, 0.717) is 0 Å². The fourth-order valence-corrected chi connectivity index (χ4v) is 3.72. The van der Waals surface area contributed by atoms with E-state index in [0.717, 1.165) is 22.7 Å². The Balaban J connectivity index is 1.98. The summed E-state index contributed by atoms with van der Waals surface area (Å²) in [4.78, 5) is 12.6. The number of halogens is 1.